The van der Waals surface area contributed by atoms with Gasteiger partial charge in [0.1, 0.15) is 0 Å². The lowest BCUT2D eigenvalue weighted by atomic mass is 10.1. The van der Waals surface area contributed by atoms with Crippen LogP contribution in [0, 0.1) is 0 Å². The van der Waals surface area contributed by atoms with Crippen LogP contribution < -0.4 is 5.11 Å². The summed E-state index contributed by atoms with van der Waals surface area (Å²) in [7, 11) is 0. The number of carbonyl (C=O) groups excluding carboxylic acids is 1. The van der Waals surface area contributed by atoms with Crippen LogP contribution in [0.4, 0.5) is 0 Å². The highest BCUT2D eigenvalue weighted by molar-refractivity contribution is 7.07. The standard InChI is InChI=1S/C12H18O2S/c13-12(14)7-5-3-1-2-4-6-11-8-9-15-10-11/h8-10H,1-7H2,(H,13,14)/p-1. The highest BCUT2D eigenvalue weighted by atomic mass is 32.1. The van der Waals surface area contributed by atoms with E-state index in [9.17, 15) is 9.90 Å². The van der Waals surface area contributed by atoms with Crippen LogP contribution in [0.15, 0.2) is 16.8 Å². The molecule has 1 aromatic rings. The smallest absolute Gasteiger partial charge is 0.0414 e. The number of rotatable bonds is 8. The minimum absolute atomic E-state index is 0.213. The summed E-state index contributed by atoms with van der Waals surface area (Å²) >= 11 is 1.74. The first-order chi connectivity index (χ1) is 7.29. The van der Waals surface area contributed by atoms with E-state index in [2.05, 4.69) is 16.8 Å². The lowest BCUT2D eigenvalue weighted by Gasteiger charge is -2.02. The normalized spacial score (nSPS) is 10.4. The molecule has 0 aromatic carbocycles. The molecule has 0 bridgehead atoms. The van der Waals surface area contributed by atoms with Crippen LogP contribution in [-0.2, 0) is 11.2 Å². The van der Waals surface area contributed by atoms with Gasteiger partial charge in [0.15, 0.2) is 0 Å². The maximum Gasteiger partial charge on any atom is 0.0414 e. The Labute approximate surface area is 94.9 Å². The predicted molar refractivity (Wildman–Crippen MR) is 60.7 cm³/mol. The molecule has 0 atom stereocenters. The summed E-state index contributed by atoms with van der Waals surface area (Å²) in [6.45, 7) is 0. The molecule has 84 valence electrons. The highest BCUT2D eigenvalue weighted by Gasteiger charge is 1.94. The monoisotopic (exact) mass is 225 g/mol. The summed E-state index contributed by atoms with van der Waals surface area (Å²) in [6.07, 6.45) is 6.69. The molecule has 0 fully saturated rings. The average Bonchev–Trinajstić information content (AvgIpc) is 2.68. The van der Waals surface area contributed by atoms with Gasteiger partial charge in [-0.1, -0.05) is 19.3 Å². The predicted octanol–water partition coefficient (Wildman–Crippen LogP) is 2.38. The first-order valence-electron chi connectivity index (χ1n) is 5.50. The number of hydrogen-bond acceptors (Lipinski definition) is 3. The molecule has 1 heterocycles. The van der Waals surface area contributed by atoms with Crippen molar-refractivity contribution in [1.29, 1.82) is 0 Å². The summed E-state index contributed by atoms with van der Waals surface area (Å²) < 4.78 is 0. The Hall–Kier alpha value is -0.830. The molecule has 0 spiro atoms. The van der Waals surface area contributed by atoms with E-state index in [1.54, 1.807) is 11.3 Å². The molecular weight excluding hydrogens is 208 g/mol. The molecule has 15 heavy (non-hydrogen) atoms. The van der Waals surface area contributed by atoms with E-state index in [0.29, 0.717) is 0 Å². The van der Waals surface area contributed by atoms with Crippen LogP contribution in [0.25, 0.3) is 0 Å². The summed E-state index contributed by atoms with van der Waals surface area (Å²) in [5.74, 6) is -0.923. The molecule has 2 nitrogen and oxygen atoms in total. The Morgan fingerprint density at radius 1 is 1.20 bits per heavy atom. The van der Waals surface area contributed by atoms with Crippen LogP contribution in [0.1, 0.15) is 44.1 Å². The van der Waals surface area contributed by atoms with Crippen LogP contribution in [0.5, 0.6) is 0 Å². The first kappa shape index (κ1) is 12.2. The third-order valence-corrected chi connectivity index (χ3v) is 3.16. The Balaban J connectivity index is 1.87. The molecule has 1 aromatic heterocycles. The fourth-order valence-electron chi connectivity index (χ4n) is 1.56. The molecule has 0 radical (unpaired) electrons. The number of carbonyl (C=O) groups is 1. The van der Waals surface area contributed by atoms with Crippen molar-refractivity contribution in [2.75, 3.05) is 0 Å². The van der Waals surface area contributed by atoms with Gasteiger partial charge in [-0.15, -0.1) is 0 Å². The maximum absolute atomic E-state index is 10.1. The SMILES string of the molecule is O=C([O-])CCCCCCCc1ccsc1. The van der Waals surface area contributed by atoms with Gasteiger partial charge in [0.05, 0.1) is 0 Å². The largest absolute Gasteiger partial charge is 0.550 e. The summed E-state index contributed by atoms with van der Waals surface area (Å²) in [4.78, 5) is 10.1. The van der Waals surface area contributed by atoms with E-state index in [0.717, 1.165) is 25.7 Å². The minimum Gasteiger partial charge on any atom is -0.550 e. The average molecular weight is 225 g/mol. The van der Waals surface area contributed by atoms with Crippen molar-refractivity contribution in [3.05, 3.63) is 22.4 Å². The van der Waals surface area contributed by atoms with Crippen molar-refractivity contribution in [3.8, 4) is 0 Å². The van der Waals surface area contributed by atoms with E-state index in [1.807, 2.05) is 0 Å². The van der Waals surface area contributed by atoms with Crippen molar-refractivity contribution in [2.45, 2.75) is 44.9 Å². The fraction of sp³-hybridized carbons (Fsp3) is 0.583. The van der Waals surface area contributed by atoms with Gasteiger partial charge in [0.2, 0.25) is 0 Å². The van der Waals surface area contributed by atoms with Gasteiger partial charge < -0.3 is 9.90 Å². The number of aliphatic carboxylic acids is 1. The van der Waals surface area contributed by atoms with Gasteiger partial charge in [-0.25, -0.2) is 0 Å². The minimum atomic E-state index is -0.923. The van der Waals surface area contributed by atoms with E-state index >= 15 is 0 Å². The third kappa shape index (κ3) is 6.28. The Morgan fingerprint density at radius 2 is 1.93 bits per heavy atom. The third-order valence-electron chi connectivity index (χ3n) is 2.43. The van der Waals surface area contributed by atoms with Crippen molar-refractivity contribution >= 4 is 17.3 Å². The fourth-order valence-corrected chi connectivity index (χ4v) is 2.27. The second-order valence-electron chi connectivity index (χ2n) is 3.77. The molecule has 0 aliphatic carbocycles. The zero-order valence-electron chi connectivity index (χ0n) is 8.91. The molecule has 0 amide bonds. The van der Waals surface area contributed by atoms with E-state index in [-0.39, 0.29) is 6.42 Å². The highest BCUT2D eigenvalue weighted by Crippen LogP contribution is 2.12. The topological polar surface area (TPSA) is 40.1 Å². The lowest BCUT2D eigenvalue weighted by Crippen LogP contribution is -2.21. The number of hydrogen-bond donors (Lipinski definition) is 0. The van der Waals surface area contributed by atoms with Crippen molar-refractivity contribution < 1.29 is 9.90 Å². The number of unbranched alkanes of at least 4 members (excludes halogenated alkanes) is 4. The zero-order valence-corrected chi connectivity index (χ0v) is 9.72. The van der Waals surface area contributed by atoms with E-state index in [1.165, 1.54) is 18.4 Å². The van der Waals surface area contributed by atoms with Gasteiger partial charge >= 0.3 is 0 Å². The number of carboxylic acid groups (broad SMARTS) is 1. The van der Waals surface area contributed by atoms with Crippen molar-refractivity contribution in [2.24, 2.45) is 0 Å². The van der Waals surface area contributed by atoms with Gasteiger partial charge in [-0.05, 0) is 48.1 Å². The summed E-state index contributed by atoms with van der Waals surface area (Å²) in [5, 5.41) is 14.4. The number of aryl methyl sites for hydroxylation is 1. The molecule has 0 aliphatic heterocycles. The van der Waals surface area contributed by atoms with Crippen LogP contribution in [-0.4, -0.2) is 5.97 Å². The molecule has 3 heteroatoms. The quantitative estimate of drug-likeness (QED) is 0.637. The van der Waals surface area contributed by atoms with E-state index < -0.39 is 5.97 Å². The van der Waals surface area contributed by atoms with Crippen LogP contribution in [0.3, 0.4) is 0 Å². The van der Waals surface area contributed by atoms with Crippen LogP contribution in [0.2, 0.25) is 0 Å². The Morgan fingerprint density at radius 3 is 2.60 bits per heavy atom. The zero-order chi connectivity index (χ0) is 10.9. The van der Waals surface area contributed by atoms with Gasteiger partial charge in [-0.2, -0.15) is 11.3 Å². The second-order valence-corrected chi connectivity index (χ2v) is 4.55. The molecule has 0 unspecified atom stereocenters. The first-order valence-corrected chi connectivity index (χ1v) is 6.44. The van der Waals surface area contributed by atoms with Crippen molar-refractivity contribution in [1.82, 2.24) is 0 Å². The maximum atomic E-state index is 10.1. The van der Waals surface area contributed by atoms with Crippen LogP contribution >= 0.6 is 11.3 Å². The second kappa shape index (κ2) is 7.46. The molecular formula is C12H17O2S-. The lowest BCUT2D eigenvalue weighted by molar-refractivity contribution is -0.305. The van der Waals surface area contributed by atoms with Gasteiger partial charge in [0.25, 0.3) is 0 Å². The molecule has 0 aliphatic rings. The molecule has 0 saturated carbocycles. The van der Waals surface area contributed by atoms with E-state index in [4.69, 9.17) is 0 Å². The molecule has 0 saturated heterocycles. The number of thiophene rings is 1. The Kier molecular flexibility index (Phi) is 6.09. The molecule has 1 rings (SSSR count). The van der Waals surface area contributed by atoms with Crippen molar-refractivity contribution in [3.63, 3.8) is 0 Å². The van der Waals surface area contributed by atoms with Gasteiger partial charge in [0, 0.05) is 5.97 Å². The Bertz CT molecular complexity index is 267. The van der Waals surface area contributed by atoms with Gasteiger partial charge in [-0.3, -0.25) is 0 Å². The summed E-state index contributed by atoms with van der Waals surface area (Å²) in [5.41, 5.74) is 1.43. The molecule has 0 N–H and O–H groups in total. The summed E-state index contributed by atoms with van der Waals surface area (Å²) in [6, 6.07) is 2.17. The number of carboxylic acids is 1.